The van der Waals surface area contributed by atoms with Gasteiger partial charge >= 0.3 is 0 Å². The van der Waals surface area contributed by atoms with Gasteiger partial charge in [0.05, 0.1) is 29.3 Å². The Kier molecular flexibility index (Phi) is 3.32. The van der Waals surface area contributed by atoms with Gasteiger partial charge in [0.25, 0.3) is 0 Å². The predicted octanol–water partition coefficient (Wildman–Crippen LogP) is 1.51. The molecule has 0 bridgehead atoms. The molecule has 2 aliphatic rings. The Hall–Kier alpha value is -1.41. The summed E-state index contributed by atoms with van der Waals surface area (Å²) in [5.41, 5.74) is 1.34. The lowest BCUT2D eigenvalue weighted by Crippen LogP contribution is -2.38. The summed E-state index contributed by atoms with van der Waals surface area (Å²) in [5.74, 6) is 0.514. The SMILES string of the molecule is Cc1nc(C2=C(O)CN(C3CCS(=O)(=O)C3)C2=N)sc1C. The number of sulfone groups is 1. The summed E-state index contributed by atoms with van der Waals surface area (Å²) in [4.78, 5) is 7.13. The van der Waals surface area contributed by atoms with E-state index in [9.17, 15) is 13.5 Å². The fraction of sp³-hybridized carbons (Fsp3) is 0.538. The maximum absolute atomic E-state index is 11.6. The van der Waals surface area contributed by atoms with Gasteiger partial charge in [-0.05, 0) is 20.3 Å². The number of hydrogen-bond acceptors (Lipinski definition) is 6. The fourth-order valence-electron chi connectivity index (χ4n) is 2.74. The molecule has 1 atom stereocenters. The van der Waals surface area contributed by atoms with Crippen molar-refractivity contribution in [1.82, 2.24) is 9.88 Å². The minimum absolute atomic E-state index is 0.0614. The third-order valence-electron chi connectivity index (χ3n) is 4.02. The van der Waals surface area contributed by atoms with E-state index in [0.29, 0.717) is 17.0 Å². The Morgan fingerprint density at radius 3 is 2.67 bits per heavy atom. The molecule has 2 N–H and O–H groups in total. The molecule has 114 valence electrons. The van der Waals surface area contributed by atoms with Gasteiger partial charge in [-0.3, -0.25) is 5.41 Å². The maximum atomic E-state index is 11.6. The molecular weight excluding hydrogens is 310 g/mol. The van der Waals surface area contributed by atoms with E-state index >= 15 is 0 Å². The van der Waals surface area contributed by atoms with Crippen LogP contribution in [0.5, 0.6) is 0 Å². The Labute approximate surface area is 127 Å². The van der Waals surface area contributed by atoms with E-state index in [0.717, 1.165) is 10.6 Å². The molecule has 1 unspecified atom stereocenters. The highest BCUT2D eigenvalue weighted by Gasteiger charge is 2.39. The van der Waals surface area contributed by atoms with Crippen molar-refractivity contribution in [1.29, 1.82) is 5.41 Å². The normalized spacial score (nSPS) is 25.1. The lowest BCUT2D eigenvalue weighted by molar-refractivity contribution is 0.309. The van der Waals surface area contributed by atoms with Gasteiger partial charge in [-0.25, -0.2) is 13.4 Å². The van der Waals surface area contributed by atoms with E-state index in [2.05, 4.69) is 4.98 Å². The maximum Gasteiger partial charge on any atom is 0.152 e. The van der Waals surface area contributed by atoms with Crippen molar-refractivity contribution < 1.29 is 13.5 Å². The number of aliphatic hydroxyl groups is 1. The van der Waals surface area contributed by atoms with E-state index in [-0.39, 0.29) is 35.7 Å². The van der Waals surface area contributed by atoms with Crippen LogP contribution in [0.4, 0.5) is 0 Å². The highest BCUT2D eigenvalue weighted by atomic mass is 32.2. The van der Waals surface area contributed by atoms with Crippen molar-refractivity contribution >= 4 is 32.6 Å². The molecule has 1 fully saturated rings. The van der Waals surface area contributed by atoms with Crippen LogP contribution in [0, 0.1) is 19.3 Å². The summed E-state index contributed by atoms with van der Waals surface area (Å²) in [5, 5.41) is 19.1. The third-order valence-corrected chi connectivity index (χ3v) is 6.86. The Morgan fingerprint density at radius 1 is 1.43 bits per heavy atom. The number of nitrogens with one attached hydrogen (secondary N) is 1. The van der Waals surface area contributed by atoms with Crippen LogP contribution < -0.4 is 0 Å². The summed E-state index contributed by atoms with van der Waals surface area (Å²) in [7, 11) is -3.01. The van der Waals surface area contributed by atoms with Gasteiger partial charge in [-0.2, -0.15) is 0 Å². The van der Waals surface area contributed by atoms with E-state index in [1.165, 1.54) is 11.3 Å². The van der Waals surface area contributed by atoms with Crippen molar-refractivity contribution in [3.05, 3.63) is 21.3 Å². The van der Waals surface area contributed by atoms with Crippen molar-refractivity contribution in [3.63, 3.8) is 0 Å². The van der Waals surface area contributed by atoms with Crippen LogP contribution in [-0.2, 0) is 9.84 Å². The molecule has 8 heteroatoms. The summed E-state index contributed by atoms with van der Waals surface area (Å²) in [6, 6.07) is -0.218. The minimum atomic E-state index is -3.01. The van der Waals surface area contributed by atoms with Crippen LogP contribution in [0.3, 0.4) is 0 Å². The van der Waals surface area contributed by atoms with Gasteiger partial charge in [0.15, 0.2) is 9.84 Å². The van der Waals surface area contributed by atoms with Crippen molar-refractivity contribution in [2.24, 2.45) is 0 Å². The minimum Gasteiger partial charge on any atom is -0.510 e. The van der Waals surface area contributed by atoms with Crippen molar-refractivity contribution in [2.75, 3.05) is 18.1 Å². The Bertz CT molecular complexity index is 729. The molecule has 3 heterocycles. The second kappa shape index (κ2) is 4.81. The average molecular weight is 327 g/mol. The highest BCUT2D eigenvalue weighted by molar-refractivity contribution is 7.91. The quantitative estimate of drug-likeness (QED) is 0.858. The number of amidine groups is 1. The van der Waals surface area contributed by atoms with Crippen LogP contribution in [0.1, 0.15) is 22.0 Å². The van der Waals surface area contributed by atoms with E-state index in [1.54, 1.807) is 4.90 Å². The second-order valence-electron chi connectivity index (χ2n) is 5.52. The molecule has 2 aliphatic heterocycles. The molecule has 1 saturated heterocycles. The summed E-state index contributed by atoms with van der Waals surface area (Å²) in [6.07, 6.45) is 0.515. The number of hydrogen-bond donors (Lipinski definition) is 2. The molecule has 0 saturated carbocycles. The summed E-state index contributed by atoms with van der Waals surface area (Å²) < 4.78 is 23.2. The summed E-state index contributed by atoms with van der Waals surface area (Å²) in [6.45, 7) is 4.05. The van der Waals surface area contributed by atoms with Crippen molar-refractivity contribution in [3.8, 4) is 0 Å². The van der Waals surface area contributed by atoms with Gasteiger partial charge in [0, 0.05) is 10.9 Å². The first kappa shape index (κ1) is 14.5. The second-order valence-corrected chi connectivity index (χ2v) is 8.95. The molecule has 0 aromatic carbocycles. The lowest BCUT2D eigenvalue weighted by Gasteiger charge is -2.24. The van der Waals surface area contributed by atoms with Gasteiger partial charge in [0.1, 0.15) is 16.6 Å². The zero-order valence-electron chi connectivity index (χ0n) is 11.9. The van der Waals surface area contributed by atoms with Crippen LogP contribution in [0.25, 0.3) is 5.57 Å². The first-order chi connectivity index (χ1) is 9.78. The van der Waals surface area contributed by atoms with Gasteiger partial charge < -0.3 is 10.0 Å². The average Bonchev–Trinajstić information content (AvgIpc) is 2.98. The van der Waals surface area contributed by atoms with Crippen LogP contribution in [0.15, 0.2) is 5.76 Å². The molecule has 0 spiro atoms. The van der Waals surface area contributed by atoms with Crippen molar-refractivity contribution in [2.45, 2.75) is 26.3 Å². The molecule has 3 rings (SSSR count). The largest absolute Gasteiger partial charge is 0.510 e. The number of aromatic nitrogens is 1. The number of aliphatic hydroxyl groups excluding tert-OH is 1. The predicted molar refractivity (Wildman–Crippen MR) is 82.6 cm³/mol. The van der Waals surface area contributed by atoms with E-state index in [1.807, 2.05) is 13.8 Å². The molecule has 0 aliphatic carbocycles. The van der Waals surface area contributed by atoms with E-state index in [4.69, 9.17) is 5.41 Å². The first-order valence-electron chi connectivity index (χ1n) is 6.71. The number of rotatable bonds is 2. The Balaban J connectivity index is 1.88. The zero-order valence-corrected chi connectivity index (χ0v) is 13.5. The third kappa shape index (κ3) is 2.46. The molecule has 21 heavy (non-hydrogen) atoms. The number of thiazole rings is 1. The summed E-state index contributed by atoms with van der Waals surface area (Å²) >= 11 is 1.45. The smallest absolute Gasteiger partial charge is 0.152 e. The molecule has 1 aromatic heterocycles. The van der Waals surface area contributed by atoms with Crippen LogP contribution in [-0.4, -0.2) is 53.3 Å². The molecule has 6 nitrogen and oxygen atoms in total. The topological polar surface area (TPSA) is 94.3 Å². The Morgan fingerprint density at radius 2 is 2.14 bits per heavy atom. The monoisotopic (exact) mass is 327 g/mol. The van der Waals surface area contributed by atoms with Gasteiger partial charge in [-0.1, -0.05) is 0 Å². The van der Waals surface area contributed by atoms with Crippen LogP contribution >= 0.6 is 11.3 Å². The fourth-order valence-corrected chi connectivity index (χ4v) is 5.45. The van der Waals surface area contributed by atoms with E-state index < -0.39 is 9.84 Å². The van der Waals surface area contributed by atoms with Gasteiger partial charge in [-0.15, -0.1) is 11.3 Å². The molecule has 0 radical (unpaired) electrons. The first-order valence-corrected chi connectivity index (χ1v) is 9.35. The molecule has 1 aromatic rings. The van der Waals surface area contributed by atoms with Gasteiger partial charge in [0.2, 0.25) is 0 Å². The molecule has 0 amide bonds. The lowest BCUT2D eigenvalue weighted by atomic mass is 10.2. The molecular formula is C13H17N3O3S2. The number of aryl methyl sites for hydroxylation is 2. The number of nitrogens with zero attached hydrogens (tertiary/aromatic N) is 2. The van der Waals surface area contributed by atoms with Crippen LogP contribution in [0.2, 0.25) is 0 Å². The standard InChI is InChI=1S/C13H17N3O3S2/c1-7-8(2)20-13(15-7)11-10(17)5-16(12(11)14)9-3-4-21(18,19)6-9/h9,14,17H,3-6H2,1-2H3. The zero-order chi connectivity index (χ0) is 15.4. The highest BCUT2D eigenvalue weighted by Crippen LogP contribution is 2.34.